The molecule has 19 heavy (non-hydrogen) atoms. The molecule has 0 aromatic heterocycles. The molecule has 3 heteroatoms. The van der Waals surface area contributed by atoms with Crippen molar-refractivity contribution in [3.63, 3.8) is 0 Å². The van der Waals surface area contributed by atoms with Crippen LogP contribution in [-0.4, -0.2) is 24.5 Å². The van der Waals surface area contributed by atoms with Crippen molar-refractivity contribution in [1.29, 1.82) is 0 Å². The Morgan fingerprint density at radius 2 is 2.21 bits per heavy atom. The molecule has 0 saturated carbocycles. The van der Waals surface area contributed by atoms with Crippen LogP contribution in [0.25, 0.3) is 0 Å². The van der Waals surface area contributed by atoms with Crippen LogP contribution >= 0.6 is 0 Å². The van der Waals surface area contributed by atoms with Gasteiger partial charge in [0, 0.05) is 23.7 Å². The van der Waals surface area contributed by atoms with Gasteiger partial charge in [0.25, 0.3) is 5.91 Å². The summed E-state index contributed by atoms with van der Waals surface area (Å²) < 4.78 is 5.32. The van der Waals surface area contributed by atoms with Gasteiger partial charge in [-0.15, -0.1) is 0 Å². The van der Waals surface area contributed by atoms with E-state index in [1.807, 2.05) is 17.0 Å². The molecule has 1 atom stereocenters. The van der Waals surface area contributed by atoms with Crippen molar-refractivity contribution in [2.24, 2.45) is 0 Å². The van der Waals surface area contributed by atoms with Gasteiger partial charge in [-0.1, -0.05) is 0 Å². The number of allylic oxidation sites excluding steroid dienone is 1. The largest absolute Gasteiger partial charge is 0.497 e. The molecule has 0 N–H and O–H groups in total. The topological polar surface area (TPSA) is 29.5 Å². The van der Waals surface area contributed by atoms with Crippen molar-refractivity contribution in [1.82, 2.24) is 4.90 Å². The minimum Gasteiger partial charge on any atom is -0.497 e. The lowest BCUT2D eigenvalue weighted by molar-refractivity contribution is 0.0793. The van der Waals surface area contributed by atoms with E-state index < -0.39 is 0 Å². The Kier molecular flexibility index (Phi) is 2.25. The number of methoxy groups -OCH3 is 1. The molecule has 2 heterocycles. The van der Waals surface area contributed by atoms with Gasteiger partial charge in [0.05, 0.1) is 7.11 Å². The summed E-state index contributed by atoms with van der Waals surface area (Å²) in [7, 11) is 1.68. The fourth-order valence-corrected chi connectivity index (χ4v) is 3.84. The number of ether oxygens (including phenoxy) is 1. The molecule has 3 aliphatic rings. The molecule has 1 aliphatic carbocycles. The van der Waals surface area contributed by atoms with Crippen LogP contribution < -0.4 is 4.74 Å². The lowest BCUT2D eigenvalue weighted by Crippen LogP contribution is -2.36. The number of carbonyl (C=O) groups is 1. The smallest absolute Gasteiger partial charge is 0.258 e. The summed E-state index contributed by atoms with van der Waals surface area (Å²) >= 11 is 0. The second-order valence-corrected chi connectivity index (χ2v) is 5.59. The molecular weight excluding hydrogens is 238 g/mol. The van der Waals surface area contributed by atoms with Gasteiger partial charge in [0.1, 0.15) is 5.75 Å². The molecule has 1 amide bonds. The van der Waals surface area contributed by atoms with Crippen LogP contribution in [0, 0.1) is 0 Å². The molecule has 0 fully saturated rings. The number of fused-ring (bicyclic) bond motifs is 2. The van der Waals surface area contributed by atoms with Crippen molar-refractivity contribution in [3.8, 4) is 5.75 Å². The fourth-order valence-electron chi connectivity index (χ4n) is 3.84. The van der Waals surface area contributed by atoms with Gasteiger partial charge in [-0.3, -0.25) is 4.79 Å². The third-order valence-corrected chi connectivity index (χ3v) is 4.70. The predicted octanol–water partition coefficient (Wildman–Crippen LogP) is 3.08. The highest BCUT2D eigenvalue weighted by Gasteiger charge is 2.41. The highest BCUT2D eigenvalue weighted by atomic mass is 16.5. The summed E-state index contributed by atoms with van der Waals surface area (Å²) in [6.07, 6.45) is 4.64. The minimum absolute atomic E-state index is 0.181. The normalized spacial score (nSPS) is 24.4. The number of benzene rings is 1. The Labute approximate surface area is 112 Å². The van der Waals surface area contributed by atoms with Gasteiger partial charge in [0.15, 0.2) is 0 Å². The maximum Gasteiger partial charge on any atom is 0.258 e. The molecule has 0 radical (unpaired) electrons. The molecule has 1 unspecified atom stereocenters. The molecular formula is C16H17NO2. The predicted molar refractivity (Wildman–Crippen MR) is 72.3 cm³/mol. The van der Waals surface area contributed by atoms with Gasteiger partial charge < -0.3 is 9.64 Å². The Balaban J connectivity index is 1.93. The zero-order valence-electron chi connectivity index (χ0n) is 11.1. The van der Waals surface area contributed by atoms with E-state index in [0.29, 0.717) is 5.92 Å². The summed E-state index contributed by atoms with van der Waals surface area (Å²) in [5.41, 5.74) is 4.88. The SMILES string of the molecule is COc1ccc2c(c1)C1CCCC3=C1N(CC3)C2=O. The van der Waals surface area contributed by atoms with Crippen LogP contribution in [0.2, 0.25) is 0 Å². The van der Waals surface area contributed by atoms with Crippen molar-refractivity contribution in [3.05, 3.63) is 40.6 Å². The maximum absolute atomic E-state index is 12.6. The van der Waals surface area contributed by atoms with Gasteiger partial charge >= 0.3 is 0 Å². The molecule has 3 nitrogen and oxygen atoms in total. The van der Waals surface area contributed by atoms with Crippen LogP contribution in [0.5, 0.6) is 5.75 Å². The van der Waals surface area contributed by atoms with E-state index >= 15 is 0 Å². The first kappa shape index (κ1) is 11.1. The summed E-state index contributed by atoms with van der Waals surface area (Å²) in [5.74, 6) is 1.44. The third kappa shape index (κ3) is 1.41. The zero-order chi connectivity index (χ0) is 13.0. The quantitative estimate of drug-likeness (QED) is 0.771. The zero-order valence-corrected chi connectivity index (χ0v) is 11.1. The molecule has 0 spiro atoms. The molecule has 0 bridgehead atoms. The highest BCUT2D eigenvalue weighted by Crippen LogP contribution is 2.48. The van der Waals surface area contributed by atoms with E-state index in [2.05, 4.69) is 6.07 Å². The molecule has 2 aliphatic heterocycles. The first-order valence-corrected chi connectivity index (χ1v) is 7.01. The minimum atomic E-state index is 0.181. The number of carbonyl (C=O) groups excluding carboxylic acids is 1. The number of amides is 1. The first-order valence-electron chi connectivity index (χ1n) is 7.01. The Hall–Kier alpha value is -1.77. The lowest BCUT2D eigenvalue weighted by Gasteiger charge is -2.36. The van der Waals surface area contributed by atoms with Crippen LogP contribution in [0.3, 0.4) is 0 Å². The summed E-state index contributed by atoms with van der Waals surface area (Å²) in [6, 6.07) is 5.88. The second-order valence-electron chi connectivity index (χ2n) is 5.59. The van der Waals surface area contributed by atoms with Gasteiger partial charge in [-0.05, 0) is 55.0 Å². The van der Waals surface area contributed by atoms with Crippen LogP contribution in [-0.2, 0) is 0 Å². The van der Waals surface area contributed by atoms with Crippen molar-refractivity contribution < 1.29 is 9.53 Å². The van der Waals surface area contributed by atoms with E-state index in [0.717, 1.165) is 30.7 Å². The summed E-state index contributed by atoms with van der Waals surface area (Å²) in [4.78, 5) is 14.6. The highest BCUT2D eigenvalue weighted by molar-refractivity contribution is 5.99. The van der Waals surface area contributed by atoms with E-state index in [4.69, 9.17) is 4.74 Å². The third-order valence-electron chi connectivity index (χ3n) is 4.70. The summed E-state index contributed by atoms with van der Waals surface area (Å²) in [6.45, 7) is 0.880. The molecule has 1 aromatic carbocycles. The van der Waals surface area contributed by atoms with Crippen molar-refractivity contribution in [2.45, 2.75) is 31.6 Å². The monoisotopic (exact) mass is 255 g/mol. The maximum atomic E-state index is 12.6. The number of rotatable bonds is 1. The number of hydrogen-bond acceptors (Lipinski definition) is 2. The Bertz CT molecular complexity index is 603. The molecule has 1 aromatic rings. The van der Waals surface area contributed by atoms with Crippen molar-refractivity contribution >= 4 is 5.91 Å². The van der Waals surface area contributed by atoms with Gasteiger partial charge in [0.2, 0.25) is 0 Å². The fraction of sp³-hybridized carbons (Fsp3) is 0.438. The average Bonchev–Trinajstić information content (AvgIpc) is 2.89. The first-order chi connectivity index (χ1) is 9.29. The van der Waals surface area contributed by atoms with Crippen LogP contribution in [0.15, 0.2) is 29.5 Å². The standard InChI is InChI=1S/C16H17NO2/c1-19-11-5-6-13-14(9-11)12-4-2-3-10-7-8-17(15(10)12)16(13)18/h5-6,9,12H,2-4,7-8H2,1H3. The van der Waals surface area contributed by atoms with E-state index in [1.165, 1.54) is 29.7 Å². The van der Waals surface area contributed by atoms with Crippen LogP contribution in [0.1, 0.15) is 47.5 Å². The lowest BCUT2D eigenvalue weighted by atomic mass is 9.78. The van der Waals surface area contributed by atoms with E-state index in [9.17, 15) is 4.79 Å². The Morgan fingerprint density at radius 3 is 3.05 bits per heavy atom. The summed E-state index contributed by atoms with van der Waals surface area (Å²) in [5, 5.41) is 0. The number of hydrogen-bond donors (Lipinski definition) is 0. The van der Waals surface area contributed by atoms with Gasteiger partial charge in [-0.2, -0.15) is 0 Å². The Morgan fingerprint density at radius 1 is 1.32 bits per heavy atom. The molecule has 4 rings (SSSR count). The van der Waals surface area contributed by atoms with E-state index in [-0.39, 0.29) is 5.91 Å². The van der Waals surface area contributed by atoms with Crippen LogP contribution in [0.4, 0.5) is 0 Å². The molecule has 0 saturated heterocycles. The van der Waals surface area contributed by atoms with Crippen molar-refractivity contribution in [2.75, 3.05) is 13.7 Å². The number of nitrogens with zero attached hydrogens (tertiary/aromatic N) is 1. The van der Waals surface area contributed by atoms with Gasteiger partial charge in [-0.25, -0.2) is 0 Å². The molecule has 98 valence electrons. The average molecular weight is 255 g/mol. The second kappa shape index (κ2) is 3.86. The van der Waals surface area contributed by atoms with E-state index in [1.54, 1.807) is 7.11 Å².